The Morgan fingerprint density at radius 2 is 2.00 bits per heavy atom. The van der Waals surface area contributed by atoms with Gasteiger partial charge in [-0.25, -0.2) is 0 Å². The third-order valence-electron chi connectivity index (χ3n) is 0.417. The molecule has 0 atom stereocenters. The Bertz CT molecular complexity index is 153. The summed E-state index contributed by atoms with van der Waals surface area (Å²) in [5.41, 5.74) is 0. The summed E-state index contributed by atoms with van der Waals surface area (Å²) in [6, 6.07) is 0. The van der Waals surface area contributed by atoms with Crippen LogP contribution in [0.15, 0.2) is 9.39 Å². The maximum Gasteiger partial charge on any atom is 0.233 e. The van der Waals surface area contributed by atoms with E-state index in [1.807, 2.05) is 0 Å². The highest BCUT2D eigenvalue weighted by atomic mass is 35.5. The lowest BCUT2D eigenvalue weighted by molar-refractivity contribution is 1.47. The van der Waals surface area contributed by atoms with Crippen LogP contribution in [0.5, 0.6) is 0 Å². The second-order valence-corrected chi connectivity index (χ2v) is 2.12. The molecule has 3 nitrogen and oxygen atoms in total. The van der Waals surface area contributed by atoms with E-state index in [9.17, 15) is 0 Å². The lowest BCUT2D eigenvalue weighted by atomic mass is 11.2. The van der Waals surface area contributed by atoms with Gasteiger partial charge in [0.15, 0.2) is 0 Å². The standard InChI is InChI=1S/C2Cl2N3S/c3-1-5-2(4)7-8-6-1. The molecule has 0 unspecified atom stereocenters. The zero-order valence-electron chi connectivity index (χ0n) is 3.51. The minimum atomic E-state index is 0.134. The summed E-state index contributed by atoms with van der Waals surface area (Å²) in [6.07, 6.45) is 0. The molecule has 0 amide bonds. The van der Waals surface area contributed by atoms with E-state index in [1.54, 1.807) is 0 Å². The zero-order chi connectivity index (χ0) is 5.98. The Kier molecular flexibility index (Phi) is 1.99. The molecule has 0 fully saturated rings. The fraction of sp³-hybridized carbons (Fsp3) is 0. The van der Waals surface area contributed by atoms with Crippen LogP contribution in [-0.2, 0) is 0 Å². The normalized spacial score (nSPS) is 18.8. The van der Waals surface area contributed by atoms with Crippen LogP contribution >= 0.6 is 35.3 Å². The van der Waals surface area contributed by atoms with E-state index in [1.165, 1.54) is 0 Å². The largest absolute Gasteiger partial charge is 0.233 e. The highest BCUT2D eigenvalue weighted by molar-refractivity contribution is 7.97. The molecule has 1 heterocycles. The summed E-state index contributed by atoms with van der Waals surface area (Å²) in [4.78, 5) is 3.49. The van der Waals surface area contributed by atoms with Crippen molar-refractivity contribution in [3.8, 4) is 0 Å². The van der Waals surface area contributed by atoms with Crippen LogP contribution in [0.1, 0.15) is 0 Å². The average molecular weight is 169 g/mol. The van der Waals surface area contributed by atoms with Crippen molar-refractivity contribution >= 4 is 45.9 Å². The first-order chi connectivity index (χ1) is 3.79. The lowest BCUT2D eigenvalue weighted by Crippen LogP contribution is -2.05. The Morgan fingerprint density at radius 1 is 1.25 bits per heavy atom. The number of nitrogens with zero attached hydrogens (tertiary/aromatic N) is 3. The molecule has 0 aromatic heterocycles. The SMILES string of the molecule is ClC1=NC(Cl)=NS[N]1. The minimum Gasteiger partial charge on any atom is -0.186 e. The molecule has 0 bridgehead atoms. The molecule has 0 aliphatic carbocycles. The van der Waals surface area contributed by atoms with Gasteiger partial charge >= 0.3 is 0 Å². The van der Waals surface area contributed by atoms with Crippen molar-refractivity contribution < 1.29 is 0 Å². The lowest BCUT2D eigenvalue weighted by Gasteiger charge is -1.97. The Hall–Kier alpha value is 0.0700. The van der Waals surface area contributed by atoms with Crippen molar-refractivity contribution in [3.05, 3.63) is 0 Å². The fourth-order valence-corrected chi connectivity index (χ4v) is 0.850. The average Bonchev–Trinajstić information content (AvgIpc) is 1.64. The van der Waals surface area contributed by atoms with E-state index in [4.69, 9.17) is 23.2 Å². The van der Waals surface area contributed by atoms with E-state index in [-0.39, 0.29) is 10.6 Å². The molecular formula is C2Cl2N3S. The molecule has 0 aromatic carbocycles. The minimum absolute atomic E-state index is 0.134. The summed E-state index contributed by atoms with van der Waals surface area (Å²) >= 11 is 11.5. The van der Waals surface area contributed by atoms with E-state index in [2.05, 4.69) is 14.1 Å². The van der Waals surface area contributed by atoms with Gasteiger partial charge in [-0.2, -0.15) is 14.1 Å². The van der Waals surface area contributed by atoms with Gasteiger partial charge in [-0.15, -0.1) is 0 Å². The summed E-state index contributed by atoms with van der Waals surface area (Å²) in [5.74, 6) is 0. The summed E-state index contributed by atoms with van der Waals surface area (Å²) in [6.45, 7) is 0. The van der Waals surface area contributed by atoms with Gasteiger partial charge in [-0.3, -0.25) is 0 Å². The van der Waals surface area contributed by atoms with Crippen molar-refractivity contribution in [2.45, 2.75) is 0 Å². The molecule has 1 aliphatic rings. The number of aliphatic imine (C=N–C) groups is 1. The van der Waals surface area contributed by atoms with Gasteiger partial charge in [-0.1, -0.05) is 0 Å². The van der Waals surface area contributed by atoms with Gasteiger partial charge in [-0.05, 0) is 23.2 Å². The third-order valence-corrected chi connectivity index (χ3v) is 1.46. The first-order valence-electron chi connectivity index (χ1n) is 1.64. The Morgan fingerprint density at radius 3 is 2.38 bits per heavy atom. The van der Waals surface area contributed by atoms with Crippen molar-refractivity contribution in [1.82, 2.24) is 4.72 Å². The smallest absolute Gasteiger partial charge is 0.186 e. The van der Waals surface area contributed by atoms with Crippen LogP contribution in [0.25, 0.3) is 0 Å². The molecule has 0 aromatic rings. The van der Waals surface area contributed by atoms with Crippen LogP contribution in [-0.4, -0.2) is 10.6 Å². The van der Waals surface area contributed by atoms with Crippen molar-refractivity contribution in [3.63, 3.8) is 0 Å². The van der Waals surface area contributed by atoms with Crippen LogP contribution < -0.4 is 4.72 Å². The van der Waals surface area contributed by atoms with E-state index >= 15 is 0 Å². The third kappa shape index (κ3) is 1.54. The van der Waals surface area contributed by atoms with Crippen molar-refractivity contribution in [1.29, 1.82) is 0 Å². The number of amidine groups is 2. The van der Waals surface area contributed by atoms with Crippen LogP contribution in [0.4, 0.5) is 0 Å². The van der Waals surface area contributed by atoms with Gasteiger partial charge in [0.05, 0.1) is 0 Å². The fourth-order valence-electron chi connectivity index (χ4n) is 0.205. The molecule has 0 saturated carbocycles. The number of rotatable bonds is 0. The summed E-state index contributed by atoms with van der Waals surface area (Å²) in [5, 5.41) is 0.269. The molecule has 0 spiro atoms. The molecule has 1 radical (unpaired) electrons. The maximum absolute atomic E-state index is 5.31. The zero-order valence-corrected chi connectivity index (χ0v) is 5.83. The van der Waals surface area contributed by atoms with Crippen LogP contribution in [0.3, 0.4) is 0 Å². The van der Waals surface area contributed by atoms with Gasteiger partial charge < -0.3 is 0 Å². The maximum atomic E-state index is 5.31. The van der Waals surface area contributed by atoms with E-state index < -0.39 is 0 Å². The number of hydrogen-bond donors (Lipinski definition) is 0. The molecule has 8 heavy (non-hydrogen) atoms. The first-order valence-corrected chi connectivity index (χ1v) is 3.12. The molecule has 1 rings (SSSR count). The van der Waals surface area contributed by atoms with E-state index in [0.717, 1.165) is 12.1 Å². The first kappa shape index (κ1) is 6.19. The predicted molar refractivity (Wildman–Crippen MR) is 36.3 cm³/mol. The highest BCUT2D eigenvalue weighted by Crippen LogP contribution is 2.09. The molecular weight excluding hydrogens is 169 g/mol. The second kappa shape index (κ2) is 2.57. The van der Waals surface area contributed by atoms with Gasteiger partial charge in [0.1, 0.15) is 12.1 Å². The highest BCUT2D eigenvalue weighted by Gasteiger charge is 2.03. The van der Waals surface area contributed by atoms with Gasteiger partial charge in [0, 0.05) is 0 Å². The monoisotopic (exact) mass is 168 g/mol. The molecule has 1 aliphatic heterocycles. The van der Waals surface area contributed by atoms with E-state index in [0.29, 0.717) is 0 Å². The molecule has 0 saturated heterocycles. The summed E-state index contributed by atoms with van der Waals surface area (Å²) < 4.78 is 7.08. The second-order valence-electron chi connectivity index (χ2n) is 0.914. The quantitative estimate of drug-likeness (QED) is 0.398. The summed E-state index contributed by atoms with van der Waals surface area (Å²) in [7, 11) is 0. The van der Waals surface area contributed by atoms with Crippen molar-refractivity contribution in [2.75, 3.05) is 0 Å². The Balaban J connectivity index is 2.69. The van der Waals surface area contributed by atoms with Gasteiger partial charge in [0.2, 0.25) is 10.6 Å². The Labute approximate surface area is 60.4 Å². The molecule has 0 N–H and O–H groups in total. The van der Waals surface area contributed by atoms with Crippen LogP contribution in [0, 0.1) is 0 Å². The topological polar surface area (TPSA) is 38.8 Å². The van der Waals surface area contributed by atoms with Crippen LogP contribution in [0.2, 0.25) is 0 Å². The van der Waals surface area contributed by atoms with Gasteiger partial charge in [0.25, 0.3) is 0 Å². The number of halogens is 2. The van der Waals surface area contributed by atoms with Crippen molar-refractivity contribution in [2.24, 2.45) is 9.39 Å². The molecule has 6 heteroatoms. The molecule has 43 valence electrons. The predicted octanol–water partition coefficient (Wildman–Crippen LogP) is 1.36. The number of hydrogen-bond acceptors (Lipinski definition) is 3.